The number of aromatic nitrogens is 1. The molecule has 1 N–H and O–H groups in total. The van der Waals surface area contributed by atoms with Crippen molar-refractivity contribution in [2.24, 2.45) is 0 Å². The van der Waals surface area contributed by atoms with E-state index in [-0.39, 0.29) is 5.69 Å². The van der Waals surface area contributed by atoms with Crippen molar-refractivity contribution in [2.45, 2.75) is 18.9 Å². The zero-order valence-corrected chi connectivity index (χ0v) is 8.94. The minimum atomic E-state index is -0.886. The van der Waals surface area contributed by atoms with E-state index in [1.165, 1.54) is 12.1 Å². The van der Waals surface area contributed by atoms with Crippen LogP contribution in [0.15, 0.2) is 18.3 Å². The summed E-state index contributed by atoms with van der Waals surface area (Å²) in [6.45, 7) is 0.613. The molecule has 90 valence electrons. The highest BCUT2D eigenvalue weighted by Crippen LogP contribution is 2.25. The molecule has 1 aromatic rings. The second kappa shape index (κ2) is 4.36. The van der Waals surface area contributed by atoms with Crippen LogP contribution in [0, 0.1) is 10.1 Å². The summed E-state index contributed by atoms with van der Waals surface area (Å²) in [4.78, 5) is 26.5. The van der Waals surface area contributed by atoms with Gasteiger partial charge in [0.15, 0.2) is 0 Å². The molecule has 1 aromatic heterocycles. The van der Waals surface area contributed by atoms with Crippen LogP contribution in [-0.4, -0.2) is 33.6 Å². The van der Waals surface area contributed by atoms with Gasteiger partial charge < -0.3 is 10.0 Å². The van der Waals surface area contributed by atoms with E-state index in [0.29, 0.717) is 18.8 Å². The van der Waals surface area contributed by atoms with Crippen LogP contribution in [0.1, 0.15) is 12.8 Å². The molecule has 0 bridgehead atoms. The highest BCUT2D eigenvalue weighted by atomic mass is 16.6. The average Bonchev–Trinajstić information content (AvgIpc) is 2.78. The zero-order chi connectivity index (χ0) is 12.4. The van der Waals surface area contributed by atoms with Gasteiger partial charge in [0.1, 0.15) is 18.1 Å². The number of pyridine rings is 1. The van der Waals surface area contributed by atoms with Crippen molar-refractivity contribution in [3.05, 3.63) is 28.4 Å². The SMILES string of the molecule is O=C(O)[C@H]1CCCN1c1ccc([N+](=O)[O-])cn1. The van der Waals surface area contributed by atoms with Crippen LogP contribution in [0.25, 0.3) is 0 Å². The molecule has 1 atom stereocenters. The zero-order valence-electron chi connectivity index (χ0n) is 8.94. The second-order valence-corrected chi connectivity index (χ2v) is 3.82. The van der Waals surface area contributed by atoms with Gasteiger partial charge in [-0.2, -0.15) is 0 Å². The molecule has 2 heterocycles. The number of rotatable bonds is 3. The van der Waals surface area contributed by atoms with E-state index < -0.39 is 16.9 Å². The molecule has 0 aliphatic carbocycles. The molecule has 0 saturated carbocycles. The third-order valence-corrected chi connectivity index (χ3v) is 2.78. The summed E-state index contributed by atoms with van der Waals surface area (Å²) in [5.41, 5.74) is -0.0974. The first-order valence-corrected chi connectivity index (χ1v) is 5.19. The number of carboxylic acid groups (broad SMARTS) is 1. The van der Waals surface area contributed by atoms with Crippen molar-refractivity contribution >= 4 is 17.5 Å². The second-order valence-electron chi connectivity index (χ2n) is 3.82. The van der Waals surface area contributed by atoms with E-state index >= 15 is 0 Å². The lowest BCUT2D eigenvalue weighted by Crippen LogP contribution is -2.36. The van der Waals surface area contributed by atoms with Gasteiger partial charge >= 0.3 is 5.97 Å². The summed E-state index contributed by atoms with van der Waals surface area (Å²) in [7, 11) is 0. The molecule has 17 heavy (non-hydrogen) atoms. The van der Waals surface area contributed by atoms with Crippen LogP contribution >= 0.6 is 0 Å². The Bertz CT molecular complexity index is 445. The summed E-state index contributed by atoms with van der Waals surface area (Å²) in [6.07, 6.45) is 2.51. The Morgan fingerprint density at radius 2 is 2.35 bits per heavy atom. The van der Waals surface area contributed by atoms with E-state index in [4.69, 9.17) is 5.11 Å². The molecule has 1 saturated heterocycles. The molecule has 2 rings (SSSR count). The first-order valence-electron chi connectivity index (χ1n) is 5.19. The van der Waals surface area contributed by atoms with Crippen molar-refractivity contribution in [1.29, 1.82) is 0 Å². The molecule has 1 aliphatic rings. The van der Waals surface area contributed by atoms with Gasteiger partial charge in [0.2, 0.25) is 0 Å². The lowest BCUT2D eigenvalue weighted by molar-refractivity contribution is -0.385. The maximum atomic E-state index is 11.0. The van der Waals surface area contributed by atoms with Crippen LogP contribution in [0.4, 0.5) is 11.5 Å². The maximum absolute atomic E-state index is 11.0. The van der Waals surface area contributed by atoms with Crippen LogP contribution in [0.2, 0.25) is 0 Å². The van der Waals surface area contributed by atoms with Crippen molar-refractivity contribution in [3.63, 3.8) is 0 Å². The van der Waals surface area contributed by atoms with Gasteiger partial charge in [0.05, 0.1) is 4.92 Å². The van der Waals surface area contributed by atoms with Gasteiger partial charge in [-0.1, -0.05) is 0 Å². The fourth-order valence-corrected chi connectivity index (χ4v) is 1.95. The average molecular weight is 237 g/mol. The van der Waals surface area contributed by atoms with Crippen molar-refractivity contribution in [3.8, 4) is 0 Å². The highest BCUT2D eigenvalue weighted by molar-refractivity contribution is 5.78. The third kappa shape index (κ3) is 2.17. The quantitative estimate of drug-likeness (QED) is 0.623. The maximum Gasteiger partial charge on any atom is 0.326 e. The topological polar surface area (TPSA) is 96.6 Å². The molecule has 0 amide bonds. The number of carbonyl (C=O) groups is 1. The van der Waals surface area contributed by atoms with Crippen LogP contribution in [-0.2, 0) is 4.79 Å². The summed E-state index contributed by atoms with van der Waals surface area (Å²) in [5, 5.41) is 19.5. The number of aliphatic carboxylic acids is 1. The van der Waals surface area contributed by atoms with Crippen LogP contribution < -0.4 is 4.90 Å². The molecule has 1 fully saturated rings. The number of nitro groups is 1. The fraction of sp³-hybridized carbons (Fsp3) is 0.400. The number of hydrogen-bond donors (Lipinski definition) is 1. The van der Waals surface area contributed by atoms with Gasteiger partial charge in [-0.05, 0) is 18.9 Å². The number of carboxylic acids is 1. The number of hydrogen-bond acceptors (Lipinski definition) is 5. The van der Waals surface area contributed by atoms with Crippen molar-refractivity contribution in [2.75, 3.05) is 11.4 Å². The lowest BCUT2D eigenvalue weighted by Gasteiger charge is -2.21. The smallest absolute Gasteiger partial charge is 0.326 e. The Morgan fingerprint density at radius 1 is 1.59 bits per heavy atom. The molecular formula is C10H11N3O4. The highest BCUT2D eigenvalue weighted by Gasteiger charge is 2.31. The Hall–Kier alpha value is -2.18. The van der Waals surface area contributed by atoms with Gasteiger partial charge in [-0.15, -0.1) is 0 Å². The fourth-order valence-electron chi connectivity index (χ4n) is 1.95. The summed E-state index contributed by atoms with van der Waals surface area (Å²) >= 11 is 0. The molecule has 0 aromatic carbocycles. The van der Waals surface area contributed by atoms with Crippen molar-refractivity contribution < 1.29 is 14.8 Å². The van der Waals surface area contributed by atoms with E-state index in [0.717, 1.165) is 12.6 Å². The summed E-state index contributed by atoms with van der Waals surface area (Å²) in [5.74, 6) is -0.414. The predicted molar refractivity (Wildman–Crippen MR) is 58.9 cm³/mol. The first-order chi connectivity index (χ1) is 8.09. The molecule has 7 heteroatoms. The predicted octanol–water partition coefficient (Wildman–Crippen LogP) is 1.04. The van der Waals surface area contributed by atoms with E-state index in [1.54, 1.807) is 4.90 Å². The minimum absolute atomic E-state index is 0.0974. The molecule has 7 nitrogen and oxygen atoms in total. The van der Waals surface area contributed by atoms with Gasteiger partial charge in [0, 0.05) is 12.6 Å². The Labute approximate surface area is 96.8 Å². The van der Waals surface area contributed by atoms with Gasteiger partial charge in [-0.3, -0.25) is 10.1 Å². The molecule has 0 unspecified atom stereocenters. The normalized spacial score (nSPS) is 19.3. The number of anilines is 1. The Morgan fingerprint density at radius 3 is 2.88 bits per heavy atom. The largest absolute Gasteiger partial charge is 0.480 e. The first kappa shape index (κ1) is 11.3. The Kier molecular flexibility index (Phi) is 2.90. The van der Waals surface area contributed by atoms with E-state index in [2.05, 4.69) is 4.98 Å². The van der Waals surface area contributed by atoms with E-state index in [1.807, 2.05) is 0 Å². The van der Waals surface area contributed by atoms with Crippen LogP contribution in [0.3, 0.4) is 0 Å². The summed E-state index contributed by atoms with van der Waals surface area (Å²) < 4.78 is 0. The van der Waals surface area contributed by atoms with Crippen molar-refractivity contribution in [1.82, 2.24) is 4.98 Å². The number of nitrogens with zero attached hydrogens (tertiary/aromatic N) is 3. The van der Waals surface area contributed by atoms with Gasteiger partial charge in [0.25, 0.3) is 5.69 Å². The summed E-state index contributed by atoms with van der Waals surface area (Å²) in [6, 6.07) is 2.24. The third-order valence-electron chi connectivity index (χ3n) is 2.78. The molecule has 0 spiro atoms. The Balaban J connectivity index is 2.22. The standard InChI is InChI=1S/C10H11N3O4/c14-10(15)8-2-1-5-12(8)9-4-3-7(6-11-9)13(16)17/h3-4,6,8H,1-2,5H2,(H,14,15)/t8-/m1/s1. The molecule has 0 radical (unpaired) electrons. The van der Waals surface area contributed by atoms with E-state index in [9.17, 15) is 14.9 Å². The van der Waals surface area contributed by atoms with Crippen LogP contribution in [0.5, 0.6) is 0 Å². The monoisotopic (exact) mass is 237 g/mol. The minimum Gasteiger partial charge on any atom is -0.480 e. The molecular weight excluding hydrogens is 226 g/mol. The van der Waals surface area contributed by atoms with Gasteiger partial charge in [-0.25, -0.2) is 9.78 Å². The molecule has 1 aliphatic heterocycles. The lowest BCUT2D eigenvalue weighted by atomic mass is 10.2.